The smallest absolute Gasteiger partial charge is 0.381 e. The van der Waals surface area contributed by atoms with Gasteiger partial charge in [-0.25, -0.2) is 4.98 Å². The van der Waals surface area contributed by atoms with Gasteiger partial charge in [0.2, 0.25) is 11.9 Å². The lowest BCUT2D eigenvalue weighted by Gasteiger charge is -2.13. The number of halogens is 4. The van der Waals surface area contributed by atoms with E-state index < -0.39 is 18.6 Å². The Hall–Kier alpha value is -1.80. The van der Waals surface area contributed by atoms with Gasteiger partial charge in [0.15, 0.2) is 0 Å². The van der Waals surface area contributed by atoms with Crippen molar-refractivity contribution in [3.05, 3.63) is 23.2 Å². The lowest BCUT2D eigenvalue weighted by molar-refractivity contribution is -0.139. The molecule has 0 spiro atoms. The molecule has 1 aliphatic heterocycles. The molecule has 1 aromatic heterocycles. The molecule has 0 unspecified atom stereocenters. The maximum atomic E-state index is 12.9. The van der Waals surface area contributed by atoms with Crippen molar-refractivity contribution in [1.82, 2.24) is 9.55 Å². The summed E-state index contributed by atoms with van der Waals surface area (Å²) in [6.45, 7) is -0.546. The highest BCUT2D eigenvalue weighted by atomic mass is 35.5. The number of aromatic nitrogens is 2. The van der Waals surface area contributed by atoms with Crippen LogP contribution in [0.1, 0.15) is 6.42 Å². The number of hydrogen-bond donors (Lipinski definition) is 1. The standard InChI is InChI=1S/C14H13ClF3N3O2/c15-9-2-1-3-10-11(9)19-13(21(10)7-14(16,17)18)20-12(22)8-4-5-23-6-8/h1-3,8H,4-7H2,(H,19,20,22)/t8-/m0/s1. The first-order chi connectivity index (χ1) is 10.8. The van der Waals surface area contributed by atoms with Gasteiger partial charge in [-0.3, -0.25) is 10.1 Å². The number of benzene rings is 1. The number of nitrogens with zero attached hydrogens (tertiary/aromatic N) is 2. The van der Waals surface area contributed by atoms with Crippen LogP contribution in [-0.2, 0) is 16.1 Å². The molecule has 1 atom stereocenters. The number of para-hydroxylation sites is 1. The van der Waals surface area contributed by atoms with Crippen LogP contribution in [0.15, 0.2) is 18.2 Å². The van der Waals surface area contributed by atoms with Crippen molar-refractivity contribution in [1.29, 1.82) is 0 Å². The summed E-state index contributed by atoms with van der Waals surface area (Å²) in [6.07, 6.45) is -3.92. The third-order valence-electron chi connectivity index (χ3n) is 3.60. The molecule has 1 saturated heterocycles. The van der Waals surface area contributed by atoms with Crippen LogP contribution in [0.3, 0.4) is 0 Å². The van der Waals surface area contributed by atoms with E-state index in [2.05, 4.69) is 10.3 Å². The van der Waals surface area contributed by atoms with Crippen molar-refractivity contribution >= 4 is 34.5 Å². The van der Waals surface area contributed by atoms with Crippen LogP contribution in [0.2, 0.25) is 5.02 Å². The van der Waals surface area contributed by atoms with E-state index in [-0.39, 0.29) is 34.5 Å². The predicted octanol–water partition coefficient (Wildman–Crippen LogP) is 3.23. The van der Waals surface area contributed by atoms with Crippen molar-refractivity contribution in [2.45, 2.75) is 19.1 Å². The highest BCUT2D eigenvalue weighted by Gasteiger charge is 2.32. The molecule has 3 rings (SSSR count). The Morgan fingerprint density at radius 1 is 1.48 bits per heavy atom. The molecule has 9 heteroatoms. The molecule has 23 heavy (non-hydrogen) atoms. The molecular weight excluding hydrogens is 335 g/mol. The Labute approximate surface area is 134 Å². The molecule has 1 N–H and O–H groups in total. The normalized spacial score (nSPS) is 18.5. The van der Waals surface area contributed by atoms with Gasteiger partial charge in [0.05, 0.1) is 23.1 Å². The fraction of sp³-hybridized carbons (Fsp3) is 0.429. The van der Waals surface area contributed by atoms with Crippen LogP contribution in [0.4, 0.5) is 19.1 Å². The van der Waals surface area contributed by atoms with Crippen LogP contribution in [0.5, 0.6) is 0 Å². The Kier molecular flexibility index (Phi) is 4.20. The number of imidazole rings is 1. The lowest BCUT2D eigenvalue weighted by Crippen LogP contribution is -2.26. The third-order valence-corrected chi connectivity index (χ3v) is 3.91. The molecule has 1 aliphatic rings. The van der Waals surface area contributed by atoms with E-state index in [1.54, 1.807) is 0 Å². The highest BCUT2D eigenvalue weighted by Crippen LogP contribution is 2.30. The van der Waals surface area contributed by atoms with Crippen LogP contribution >= 0.6 is 11.6 Å². The van der Waals surface area contributed by atoms with Crippen LogP contribution in [-0.4, -0.2) is 34.8 Å². The van der Waals surface area contributed by atoms with E-state index in [9.17, 15) is 18.0 Å². The number of ether oxygens (including phenoxy) is 1. The Morgan fingerprint density at radius 3 is 2.91 bits per heavy atom. The largest absolute Gasteiger partial charge is 0.406 e. The zero-order valence-electron chi connectivity index (χ0n) is 11.9. The van der Waals surface area contributed by atoms with E-state index in [0.717, 1.165) is 4.57 Å². The summed E-state index contributed by atoms with van der Waals surface area (Å²) in [7, 11) is 0. The number of carbonyl (C=O) groups is 1. The minimum Gasteiger partial charge on any atom is -0.381 e. The summed E-state index contributed by atoms with van der Waals surface area (Å²) in [5.41, 5.74) is 0.434. The van der Waals surface area contributed by atoms with Crippen LogP contribution < -0.4 is 5.32 Å². The fourth-order valence-electron chi connectivity index (χ4n) is 2.50. The average Bonchev–Trinajstić information content (AvgIpc) is 3.08. The number of alkyl halides is 3. The molecular formula is C14H13ClF3N3O2. The summed E-state index contributed by atoms with van der Waals surface area (Å²) in [6, 6.07) is 4.55. The predicted molar refractivity (Wildman–Crippen MR) is 78.4 cm³/mol. The molecule has 2 aromatic rings. The van der Waals surface area contributed by atoms with Crippen LogP contribution in [0, 0.1) is 5.92 Å². The number of rotatable bonds is 3. The quantitative estimate of drug-likeness (QED) is 0.927. The van der Waals surface area contributed by atoms with Gasteiger partial charge in [0, 0.05) is 6.61 Å². The zero-order valence-corrected chi connectivity index (χ0v) is 12.6. The van der Waals surface area contributed by atoms with Gasteiger partial charge in [0.1, 0.15) is 12.1 Å². The van der Waals surface area contributed by atoms with Crippen molar-refractivity contribution in [2.24, 2.45) is 5.92 Å². The van der Waals surface area contributed by atoms with Crippen LogP contribution in [0.25, 0.3) is 11.0 Å². The lowest BCUT2D eigenvalue weighted by atomic mass is 10.1. The summed E-state index contributed by atoms with van der Waals surface area (Å²) >= 11 is 5.99. The van der Waals surface area contributed by atoms with Gasteiger partial charge in [-0.1, -0.05) is 17.7 Å². The number of fused-ring (bicyclic) bond motifs is 1. The Balaban J connectivity index is 1.98. The molecule has 2 heterocycles. The van der Waals surface area contributed by atoms with Gasteiger partial charge >= 0.3 is 6.18 Å². The Morgan fingerprint density at radius 2 is 2.26 bits per heavy atom. The maximum absolute atomic E-state index is 12.9. The van der Waals surface area contributed by atoms with Crippen molar-refractivity contribution in [3.63, 3.8) is 0 Å². The van der Waals surface area contributed by atoms with E-state index in [0.29, 0.717) is 13.0 Å². The topological polar surface area (TPSA) is 56.2 Å². The molecule has 0 aliphatic carbocycles. The number of amides is 1. The van der Waals surface area contributed by atoms with E-state index >= 15 is 0 Å². The summed E-state index contributed by atoms with van der Waals surface area (Å²) in [4.78, 5) is 16.2. The Bertz CT molecular complexity index is 739. The highest BCUT2D eigenvalue weighted by molar-refractivity contribution is 6.35. The molecule has 1 aromatic carbocycles. The first kappa shape index (κ1) is 16.1. The summed E-state index contributed by atoms with van der Waals surface area (Å²) in [5, 5.41) is 2.69. The SMILES string of the molecule is O=C(Nc1nc2c(Cl)cccc2n1CC(F)(F)F)[C@H]1CCOC1. The minimum absolute atomic E-state index is 0.165. The monoisotopic (exact) mass is 347 g/mol. The zero-order chi connectivity index (χ0) is 16.6. The van der Waals surface area contributed by atoms with E-state index in [1.165, 1.54) is 18.2 Å². The van der Waals surface area contributed by atoms with Crippen molar-refractivity contribution in [2.75, 3.05) is 18.5 Å². The van der Waals surface area contributed by atoms with Crippen molar-refractivity contribution in [3.8, 4) is 0 Å². The number of hydrogen-bond acceptors (Lipinski definition) is 3. The second kappa shape index (κ2) is 6.01. The van der Waals surface area contributed by atoms with E-state index in [1.807, 2.05) is 0 Å². The van der Waals surface area contributed by atoms with Gasteiger partial charge in [-0.2, -0.15) is 13.2 Å². The second-order valence-corrected chi connectivity index (χ2v) is 5.70. The number of nitrogens with one attached hydrogen (secondary N) is 1. The van der Waals surface area contributed by atoms with Gasteiger partial charge in [0.25, 0.3) is 0 Å². The van der Waals surface area contributed by atoms with Crippen molar-refractivity contribution < 1.29 is 22.7 Å². The molecule has 0 saturated carbocycles. The minimum atomic E-state index is -4.45. The fourth-order valence-corrected chi connectivity index (χ4v) is 2.71. The first-order valence-electron chi connectivity index (χ1n) is 6.95. The molecule has 1 amide bonds. The molecule has 0 radical (unpaired) electrons. The third kappa shape index (κ3) is 3.42. The number of anilines is 1. The molecule has 124 valence electrons. The maximum Gasteiger partial charge on any atom is 0.406 e. The van der Waals surface area contributed by atoms with Gasteiger partial charge < -0.3 is 9.30 Å². The van der Waals surface area contributed by atoms with Gasteiger partial charge in [-0.05, 0) is 18.6 Å². The number of carbonyl (C=O) groups excluding carboxylic acids is 1. The molecule has 5 nitrogen and oxygen atoms in total. The average molecular weight is 348 g/mol. The molecule has 0 bridgehead atoms. The molecule has 1 fully saturated rings. The second-order valence-electron chi connectivity index (χ2n) is 5.29. The summed E-state index contributed by atoms with van der Waals surface area (Å²) < 4.78 is 44.6. The first-order valence-corrected chi connectivity index (χ1v) is 7.33. The van der Waals surface area contributed by atoms with E-state index in [4.69, 9.17) is 16.3 Å². The summed E-state index contributed by atoms with van der Waals surface area (Å²) in [5.74, 6) is -0.954. The van der Waals surface area contributed by atoms with Gasteiger partial charge in [-0.15, -0.1) is 0 Å².